The number of ether oxygens (including phenoxy) is 2. The molecule has 1 fully saturated rings. The lowest BCUT2D eigenvalue weighted by molar-refractivity contribution is -0.195. The fourth-order valence-corrected chi connectivity index (χ4v) is 4.23. The van der Waals surface area contributed by atoms with E-state index in [4.69, 9.17) is 9.47 Å². The van der Waals surface area contributed by atoms with Crippen molar-refractivity contribution in [1.82, 2.24) is 0 Å². The Labute approximate surface area is 205 Å². The molecule has 2 aliphatic heterocycles. The standard InChI is InChI=1S/C29H42O5/c1-6-12-26-22(4)25(30)20-29(5,34-26)27(31)15-10-8-9-13-21(3)19-23(7-2)17-18-24-14-11-16-28(32)33-24/h6,8-12,15-19,21-22,24-27,30-31H,7,13-14,20H2,1-5H3/b9-8+,12-6+,15-10+,18-17+,23-19-/t21-,22+,24-,25-,26+,27-,29+/m1/s1. The van der Waals surface area contributed by atoms with Crippen molar-refractivity contribution in [2.75, 3.05) is 0 Å². The molecule has 188 valence electrons. The minimum atomic E-state index is -0.832. The highest BCUT2D eigenvalue weighted by Gasteiger charge is 2.44. The molecular formula is C29H42O5. The zero-order chi connectivity index (χ0) is 25.1. The largest absolute Gasteiger partial charge is 0.455 e. The van der Waals surface area contributed by atoms with E-state index < -0.39 is 17.8 Å². The van der Waals surface area contributed by atoms with E-state index in [1.165, 1.54) is 11.6 Å². The van der Waals surface area contributed by atoms with Crippen molar-refractivity contribution < 1.29 is 24.5 Å². The van der Waals surface area contributed by atoms with Gasteiger partial charge in [0.1, 0.15) is 12.2 Å². The molecule has 7 atom stereocenters. The number of aliphatic hydroxyl groups is 2. The van der Waals surface area contributed by atoms with E-state index >= 15 is 0 Å². The SMILES string of the molecule is C/C=C/[C@@H]1O[C@](C)([C@H](O)/C=C/C=C/C[C@@H](C)/C=C(\C=C\[C@H]2CC=CC(=O)O2)CC)C[C@@H](O)[C@@H]1C. The van der Waals surface area contributed by atoms with E-state index in [0.29, 0.717) is 18.8 Å². The first-order valence-corrected chi connectivity index (χ1v) is 12.4. The van der Waals surface area contributed by atoms with Crippen molar-refractivity contribution in [3.8, 4) is 0 Å². The maximum Gasteiger partial charge on any atom is 0.331 e. The van der Waals surface area contributed by atoms with Crippen LogP contribution in [-0.2, 0) is 14.3 Å². The van der Waals surface area contributed by atoms with Gasteiger partial charge in [-0.1, -0.05) is 81.0 Å². The van der Waals surface area contributed by atoms with Crippen molar-refractivity contribution >= 4 is 5.97 Å². The van der Waals surface area contributed by atoms with Gasteiger partial charge in [0.05, 0.1) is 17.8 Å². The highest BCUT2D eigenvalue weighted by atomic mass is 16.5. The Hall–Kier alpha value is -2.21. The third-order valence-electron chi connectivity index (χ3n) is 6.52. The normalized spacial score (nSPS) is 32.8. The summed E-state index contributed by atoms with van der Waals surface area (Å²) < 4.78 is 11.4. The monoisotopic (exact) mass is 470 g/mol. The number of esters is 1. The topological polar surface area (TPSA) is 76.0 Å². The molecule has 2 rings (SSSR count). The smallest absolute Gasteiger partial charge is 0.331 e. The van der Waals surface area contributed by atoms with Crippen LogP contribution in [0.4, 0.5) is 0 Å². The number of carbonyl (C=O) groups is 1. The molecule has 0 spiro atoms. The first-order valence-electron chi connectivity index (χ1n) is 12.4. The van der Waals surface area contributed by atoms with Gasteiger partial charge in [-0.2, -0.15) is 0 Å². The molecule has 5 nitrogen and oxygen atoms in total. The second-order valence-corrected chi connectivity index (χ2v) is 9.59. The Bertz CT molecular complexity index is 833. The van der Waals surface area contributed by atoms with Crippen LogP contribution in [-0.4, -0.2) is 46.2 Å². The van der Waals surface area contributed by atoms with Crippen LogP contribution in [0.15, 0.2) is 72.4 Å². The zero-order valence-electron chi connectivity index (χ0n) is 21.3. The third kappa shape index (κ3) is 8.53. The molecule has 2 N–H and O–H groups in total. The van der Waals surface area contributed by atoms with Crippen LogP contribution < -0.4 is 0 Å². The van der Waals surface area contributed by atoms with E-state index in [1.807, 2.05) is 57.2 Å². The summed E-state index contributed by atoms with van der Waals surface area (Å²) in [7, 11) is 0. The van der Waals surface area contributed by atoms with Crippen LogP contribution in [0, 0.1) is 11.8 Å². The number of hydrogen-bond acceptors (Lipinski definition) is 5. The maximum absolute atomic E-state index is 11.3. The molecule has 0 aliphatic carbocycles. The predicted octanol–water partition coefficient (Wildman–Crippen LogP) is 5.37. The van der Waals surface area contributed by atoms with Crippen molar-refractivity contribution in [3.63, 3.8) is 0 Å². The van der Waals surface area contributed by atoms with Gasteiger partial charge in [-0.05, 0) is 38.7 Å². The number of allylic oxidation sites excluding steroid dienone is 7. The molecular weight excluding hydrogens is 428 g/mol. The summed E-state index contributed by atoms with van der Waals surface area (Å²) in [6.07, 6.45) is 22.2. The van der Waals surface area contributed by atoms with Gasteiger partial charge in [0, 0.05) is 24.8 Å². The highest BCUT2D eigenvalue weighted by Crippen LogP contribution is 2.36. The van der Waals surface area contributed by atoms with Crippen LogP contribution in [0.3, 0.4) is 0 Å². The first kappa shape index (κ1) is 28.0. The lowest BCUT2D eigenvalue weighted by Gasteiger charge is -2.45. The number of cyclic esters (lactones) is 1. The van der Waals surface area contributed by atoms with Crippen LogP contribution in [0.25, 0.3) is 0 Å². The number of rotatable bonds is 10. The molecule has 0 amide bonds. The summed E-state index contributed by atoms with van der Waals surface area (Å²) in [4.78, 5) is 11.3. The van der Waals surface area contributed by atoms with Crippen molar-refractivity contribution in [2.45, 2.75) is 90.3 Å². The maximum atomic E-state index is 11.3. The molecule has 2 heterocycles. The van der Waals surface area contributed by atoms with Crippen LogP contribution in [0.1, 0.15) is 60.3 Å². The van der Waals surface area contributed by atoms with Crippen molar-refractivity contribution in [3.05, 3.63) is 72.4 Å². The molecule has 0 bridgehead atoms. The Morgan fingerprint density at radius 2 is 2.09 bits per heavy atom. The summed E-state index contributed by atoms with van der Waals surface area (Å²) in [6.45, 7) is 10.0. The minimum absolute atomic E-state index is 0.00716. The van der Waals surface area contributed by atoms with E-state index in [0.717, 1.165) is 12.8 Å². The average Bonchev–Trinajstić information content (AvgIpc) is 2.79. The van der Waals surface area contributed by atoms with Gasteiger partial charge < -0.3 is 19.7 Å². The van der Waals surface area contributed by atoms with E-state index in [-0.39, 0.29) is 24.1 Å². The van der Waals surface area contributed by atoms with Gasteiger partial charge in [0.15, 0.2) is 0 Å². The third-order valence-corrected chi connectivity index (χ3v) is 6.52. The van der Waals surface area contributed by atoms with Gasteiger partial charge in [0.25, 0.3) is 0 Å². The van der Waals surface area contributed by atoms with Crippen molar-refractivity contribution in [1.29, 1.82) is 0 Å². The molecule has 0 aromatic rings. The van der Waals surface area contributed by atoms with Crippen molar-refractivity contribution in [2.24, 2.45) is 11.8 Å². The molecule has 1 saturated heterocycles. The molecule has 2 aliphatic rings. The Morgan fingerprint density at radius 1 is 1.32 bits per heavy atom. The second kappa shape index (κ2) is 13.6. The molecule has 0 saturated carbocycles. The minimum Gasteiger partial charge on any atom is -0.455 e. The Kier molecular flexibility index (Phi) is 11.2. The molecule has 0 radical (unpaired) electrons. The predicted molar refractivity (Wildman–Crippen MR) is 137 cm³/mol. The van der Waals surface area contributed by atoms with Gasteiger partial charge in [-0.25, -0.2) is 4.79 Å². The summed E-state index contributed by atoms with van der Waals surface area (Å²) in [6, 6.07) is 0. The zero-order valence-corrected chi connectivity index (χ0v) is 21.3. The van der Waals surface area contributed by atoms with Crippen LogP contribution in [0.2, 0.25) is 0 Å². The summed E-state index contributed by atoms with van der Waals surface area (Å²) in [5, 5.41) is 21.2. The molecule has 5 heteroatoms. The number of carbonyl (C=O) groups excluding carboxylic acids is 1. The fourth-order valence-electron chi connectivity index (χ4n) is 4.23. The van der Waals surface area contributed by atoms with Crippen LogP contribution >= 0.6 is 0 Å². The quantitative estimate of drug-likeness (QED) is 0.255. The van der Waals surface area contributed by atoms with Gasteiger partial charge >= 0.3 is 5.97 Å². The van der Waals surface area contributed by atoms with E-state index in [2.05, 4.69) is 32.1 Å². The lowest BCUT2D eigenvalue weighted by atomic mass is 9.81. The Balaban J connectivity index is 1.87. The number of hydrogen-bond donors (Lipinski definition) is 2. The fraction of sp³-hybridized carbons (Fsp3) is 0.552. The van der Waals surface area contributed by atoms with Gasteiger partial charge in [-0.3, -0.25) is 0 Å². The molecule has 34 heavy (non-hydrogen) atoms. The second-order valence-electron chi connectivity index (χ2n) is 9.59. The van der Waals surface area contributed by atoms with E-state index in [9.17, 15) is 15.0 Å². The van der Waals surface area contributed by atoms with E-state index in [1.54, 1.807) is 6.08 Å². The molecule has 0 aromatic carbocycles. The van der Waals surface area contributed by atoms with Gasteiger partial charge in [0.2, 0.25) is 0 Å². The molecule has 0 unspecified atom stereocenters. The summed E-state index contributed by atoms with van der Waals surface area (Å²) >= 11 is 0. The summed E-state index contributed by atoms with van der Waals surface area (Å²) in [5.41, 5.74) is 0.379. The number of aliphatic hydroxyl groups excluding tert-OH is 2. The molecule has 0 aromatic heterocycles. The average molecular weight is 471 g/mol. The summed E-state index contributed by atoms with van der Waals surface area (Å²) in [5.74, 6) is 0.0552. The van der Waals surface area contributed by atoms with Crippen LogP contribution in [0.5, 0.6) is 0 Å². The first-order chi connectivity index (χ1) is 16.2. The lowest BCUT2D eigenvalue weighted by Crippen LogP contribution is -2.54. The Morgan fingerprint density at radius 3 is 2.76 bits per heavy atom. The highest BCUT2D eigenvalue weighted by molar-refractivity contribution is 5.82. The van der Waals surface area contributed by atoms with Gasteiger partial charge in [-0.15, -0.1) is 0 Å².